The summed E-state index contributed by atoms with van der Waals surface area (Å²) in [6, 6.07) is 3.38. The topological polar surface area (TPSA) is 82.8 Å². The quantitative estimate of drug-likeness (QED) is 0.606. The number of carbonyl (C=O) groups is 1. The lowest BCUT2D eigenvalue weighted by Crippen LogP contribution is -2.41. The highest BCUT2D eigenvalue weighted by Gasteiger charge is 2.52. The molecule has 1 aliphatic heterocycles. The van der Waals surface area contributed by atoms with Crippen LogP contribution >= 0.6 is 11.6 Å². The molecule has 0 unspecified atom stereocenters. The Morgan fingerprint density at radius 3 is 2.38 bits per heavy atom. The molecule has 6 nitrogen and oxygen atoms in total. The Balaban J connectivity index is 2.43. The van der Waals surface area contributed by atoms with Gasteiger partial charge >= 0.3 is 7.12 Å². The lowest BCUT2D eigenvalue weighted by Gasteiger charge is -2.32. The number of nitrogens with one attached hydrogen (secondary N) is 1. The maximum Gasteiger partial charge on any atom is 0.492 e. The highest BCUT2D eigenvalue weighted by atomic mass is 35.5. The third kappa shape index (κ3) is 4.34. The van der Waals surface area contributed by atoms with Crippen LogP contribution in [-0.2, 0) is 14.1 Å². The van der Waals surface area contributed by atoms with Crippen molar-refractivity contribution in [1.82, 2.24) is 5.32 Å². The van der Waals surface area contributed by atoms with Crippen molar-refractivity contribution in [2.24, 2.45) is 0 Å². The van der Waals surface area contributed by atoms with Crippen molar-refractivity contribution >= 4 is 36.4 Å². The van der Waals surface area contributed by atoms with Crippen molar-refractivity contribution in [1.29, 1.82) is 0 Å². The first-order valence-corrected chi connectivity index (χ1v) is 8.78. The first-order valence-electron chi connectivity index (χ1n) is 8.40. The van der Waals surface area contributed by atoms with E-state index < -0.39 is 18.3 Å². The predicted octanol–water partition coefficient (Wildman–Crippen LogP) is 3.08. The number of hydrogen-bond donors (Lipinski definition) is 2. The van der Waals surface area contributed by atoms with E-state index >= 15 is 0 Å². The van der Waals surface area contributed by atoms with Crippen LogP contribution in [0.1, 0.15) is 40.2 Å². The summed E-state index contributed by atoms with van der Waals surface area (Å²) in [7, 11) is 0.936. The normalized spacial score (nSPS) is 18.7. The van der Waals surface area contributed by atoms with E-state index in [1.807, 2.05) is 33.8 Å². The van der Waals surface area contributed by atoms with E-state index in [4.69, 9.17) is 31.4 Å². The summed E-state index contributed by atoms with van der Waals surface area (Å²) >= 11 is 6.33. The fraction of sp³-hybridized carbons (Fsp3) is 0.500. The van der Waals surface area contributed by atoms with Crippen LogP contribution in [0.15, 0.2) is 17.6 Å². The number of ether oxygens (including phenoxy) is 1. The van der Waals surface area contributed by atoms with Gasteiger partial charge in [0.05, 0.1) is 29.0 Å². The Bertz CT molecular complexity index is 718. The zero-order valence-electron chi connectivity index (χ0n) is 16.1. The Hall–Kier alpha value is -1.70. The molecule has 142 valence electrons. The van der Waals surface area contributed by atoms with Crippen molar-refractivity contribution in [3.05, 3.63) is 28.2 Å². The SMILES string of the molecule is COc1cc(C=C(CNC(C)=O)B2OC(C)(C)C(C)(C)O2)c(Cl)cc1N. The van der Waals surface area contributed by atoms with Gasteiger partial charge in [0.15, 0.2) is 0 Å². The van der Waals surface area contributed by atoms with Crippen molar-refractivity contribution in [2.75, 3.05) is 19.4 Å². The van der Waals surface area contributed by atoms with Gasteiger partial charge in [-0.1, -0.05) is 17.7 Å². The summed E-state index contributed by atoms with van der Waals surface area (Å²) in [5.74, 6) is 0.377. The van der Waals surface area contributed by atoms with Gasteiger partial charge in [0.1, 0.15) is 5.75 Å². The maximum atomic E-state index is 11.4. The van der Waals surface area contributed by atoms with Gasteiger partial charge in [-0.05, 0) is 50.9 Å². The van der Waals surface area contributed by atoms with Crippen molar-refractivity contribution in [2.45, 2.75) is 45.8 Å². The third-order valence-corrected chi connectivity index (χ3v) is 5.11. The highest BCUT2D eigenvalue weighted by molar-refractivity contribution is 6.56. The molecule has 1 amide bonds. The molecular formula is C18H26BClN2O4. The summed E-state index contributed by atoms with van der Waals surface area (Å²) in [6.07, 6.45) is 1.84. The molecule has 26 heavy (non-hydrogen) atoms. The molecule has 0 aliphatic carbocycles. The minimum atomic E-state index is -0.605. The smallest absolute Gasteiger partial charge is 0.492 e. The van der Waals surface area contributed by atoms with E-state index in [0.29, 0.717) is 22.0 Å². The largest absolute Gasteiger partial charge is 0.495 e. The second kappa shape index (κ2) is 7.51. The molecule has 1 aromatic rings. The van der Waals surface area contributed by atoms with E-state index in [2.05, 4.69) is 5.32 Å². The maximum absolute atomic E-state index is 11.4. The van der Waals surface area contributed by atoms with Gasteiger partial charge in [0, 0.05) is 13.5 Å². The molecule has 0 spiro atoms. The lowest BCUT2D eigenvalue weighted by molar-refractivity contribution is -0.118. The molecule has 1 aliphatic rings. The van der Waals surface area contributed by atoms with Crippen LogP contribution in [0, 0.1) is 0 Å². The number of carbonyl (C=O) groups excluding carboxylic acids is 1. The standard InChI is InChI=1S/C18H26BClN2O4/c1-11(23)22-10-13(19-25-17(2,3)18(4,5)26-19)7-12-8-16(24-6)15(21)9-14(12)20/h7-9H,10,21H2,1-6H3,(H,22,23). The number of methoxy groups -OCH3 is 1. The number of nitrogens with two attached hydrogens (primary N) is 1. The van der Waals surface area contributed by atoms with Gasteiger partial charge in [-0.25, -0.2) is 0 Å². The van der Waals surface area contributed by atoms with Crippen LogP contribution in [-0.4, -0.2) is 37.9 Å². The number of nitrogen functional groups attached to an aromatic ring is 1. The van der Waals surface area contributed by atoms with Crippen LogP contribution in [0.25, 0.3) is 6.08 Å². The summed E-state index contributed by atoms with van der Waals surface area (Å²) < 4.78 is 17.5. The molecule has 1 saturated heterocycles. The number of rotatable bonds is 5. The van der Waals surface area contributed by atoms with Crippen LogP contribution in [0.3, 0.4) is 0 Å². The molecule has 1 aromatic carbocycles. The zero-order valence-corrected chi connectivity index (χ0v) is 16.9. The number of amides is 1. The first-order chi connectivity index (χ1) is 12.0. The van der Waals surface area contributed by atoms with Gasteiger partial charge in [-0.15, -0.1) is 0 Å². The summed E-state index contributed by atoms with van der Waals surface area (Å²) in [5, 5.41) is 3.26. The van der Waals surface area contributed by atoms with E-state index in [1.54, 1.807) is 19.2 Å². The van der Waals surface area contributed by atoms with E-state index in [9.17, 15) is 4.79 Å². The van der Waals surface area contributed by atoms with Crippen molar-refractivity contribution < 1.29 is 18.8 Å². The molecule has 0 saturated carbocycles. The average molecular weight is 381 g/mol. The number of anilines is 1. The molecule has 0 radical (unpaired) electrons. The monoisotopic (exact) mass is 380 g/mol. The number of benzene rings is 1. The molecule has 0 aromatic heterocycles. The lowest BCUT2D eigenvalue weighted by atomic mass is 9.77. The molecule has 1 fully saturated rings. The molecule has 1 heterocycles. The number of hydrogen-bond acceptors (Lipinski definition) is 5. The second-order valence-electron chi connectivity index (χ2n) is 7.33. The van der Waals surface area contributed by atoms with Gasteiger partial charge in [0.2, 0.25) is 5.91 Å². The highest BCUT2D eigenvalue weighted by Crippen LogP contribution is 2.39. The average Bonchev–Trinajstić information content (AvgIpc) is 2.73. The second-order valence-corrected chi connectivity index (χ2v) is 7.74. The molecule has 8 heteroatoms. The summed E-state index contributed by atoms with van der Waals surface area (Å²) in [5.41, 5.74) is 6.80. The van der Waals surface area contributed by atoms with Crippen molar-refractivity contribution in [3.63, 3.8) is 0 Å². The van der Waals surface area contributed by atoms with Crippen LogP contribution in [0.4, 0.5) is 5.69 Å². The minimum Gasteiger partial charge on any atom is -0.495 e. The van der Waals surface area contributed by atoms with Gasteiger partial charge in [-0.3, -0.25) is 4.79 Å². The van der Waals surface area contributed by atoms with E-state index in [0.717, 1.165) is 5.47 Å². The summed E-state index contributed by atoms with van der Waals surface area (Å²) in [4.78, 5) is 11.4. The fourth-order valence-electron chi connectivity index (χ4n) is 2.49. The third-order valence-electron chi connectivity index (χ3n) is 4.79. The molecule has 0 atom stereocenters. The van der Waals surface area contributed by atoms with E-state index in [1.165, 1.54) is 6.92 Å². The fourth-order valence-corrected chi connectivity index (χ4v) is 2.72. The Morgan fingerprint density at radius 1 is 1.31 bits per heavy atom. The zero-order chi connectivity index (χ0) is 19.7. The van der Waals surface area contributed by atoms with Gasteiger partial charge in [0.25, 0.3) is 0 Å². The van der Waals surface area contributed by atoms with Crippen LogP contribution < -0.4 is 15.8 Å². The number of halogens is 1. The first kappa shape index (κ1) is 20.6. The molecule has 3 N–H and O–H groups in total. The molecule has 2 rings (SSSR count). The van der Waals surface area contributed by atoms with Gasteiger partial charge in [-0.2, -0.15) is 0 Å². The Morgan fingerprint density at radius 2 is 1.88 bits per heavy atom. The minimum absolute atomic E-state index is 0.145. The Labute approximate surface area is 160 Å². The summed E-state index contributed by atoms with van der Waals surface area (Å²) in [6.45, 7) is 9.63. The van der Waals surface area contributed by atoms with E-state index in [-0.39, 0.29) is 12.5 Å². The van der Waals surface area contributed by atoms with Crippen LogP contribution in [0.5, 0.6) is 5.75 Å². The Kier molecular flexibility index (Phi) is 5.95. The van der Waals surface area contributed by atoms with Gasteiger partial charge < -0.3 is 25.1 Å². The predicted molar refractivity (Wildman–Crippen MR) is 105 cm³/mol. The molecular weight excluding hydrogens is 354 g/mol. The molecule has 0 bridgehead atoms. The van der Waals surface area contributed by atoms with Crippen molar-refractivity contribution in [3.8, 4) is 5.75 Å². The van der Waals surface area contributed by atoms with Crippen LogP contribution in [0.2, 0.25) is 5.02 Å².